The molecule has 0 aliphatic carbocycles. The molecule has 1 saturated heterocycles. The molecule has 1 aliphatic heterocycles. The molecular formula is C18H25N3O3. The molecule has 0 bridgehead atoms. The van der Waals surface area contributed by atoms with E-state index in [-0.39, 0.29) is 6.04 Å². The number of ether oxygens (including phenoxy) is 1. The highest BCUT2D eigenvalue weighted by Crippen LogP contribution is 2.30. The predicted octanol–water partition coefficient (Wildman–Crippen LogP) is 2.35. The Kier molecular flexibility index (Phi) is 5.96. The third kappa shape index (κ3) is 4.41. The van der Waals surface area contributed by atoms with Crippen molar-refractivity contribution >= 4 is 0 Å². The van der Waals surface area contributed by atoms with Crippen molar-refractivity contribution in [1.82, 2.24) is 15.0 Å². The molecule has 6 heteroatoms. The maximum atomic E-state index is 10.3. The summed E-state index contributed by atoms with van der Waals surface area (Å²) in [5, 5.41) is 14.4. The molecule has 1 aliphatic rings. The lowest BCUT2D eigenvalue weighted by Crippen LogP contribution is -2.35. The van der Waals surface area contributed by atoms with Gasteiger partial charge < -0.3 is 14.4 Å². The summed E-state index contributed by atoms with van der Waals surface area (Å²) in [5.74, 6) is 1.41. The molecule has 2 unspecified atom stereocenters. The number of aliphatic hydroxyl groups is 1. The Morgan fingerprint density at radius 2 is 2.21 bits per heavy atom. The second-order valence-corrected chi connectivity index (χ2v) is 6.21. The van der Waals surface area contributed by atoms with Gasteiger partial charge in [-0.1, -0.05) is 42.4 Å². The maximum Gasteiger partial charge on any atom is 0.226 e. The van der Waals surface area contributed by atoms with Crippen LogP contribution in [-0.4, -0.2) is 45.9 Å². The van der Waals surface area contributed by atoms with Gasteiger partial charge in [0.15, 0.2) is 5.82 Å². The van der Waals surface area contributed by atoms with Crippen LogP contribution in [0.1, 0.15) is 43.1 Å². The first-order chi connectivity index (χ1) is 11.8. The second-order valence-electron chi connectivity index (χ2n) is 6.21. The first-order valence-electron chi connectivity index (χ1n) is 8.62. The van der Waals surface area contributed by atoms with E-state index in [0.29, 0.717) is 25.6 Å². The summed E-state index contributed by atoms with van der Waals surface area (Å²) in [6.45, 7) is 4.35. The molecule has 130 valence electrons. The molecule has 1 fully saturated rings. The zero-order chi connectivity index (χ0) is 16.8. The summed E-state index contributed by atoms with van der Waals surface area (Å²) >= 11 is 0. The Balaban J connectivity index is 1.47. The van der Waals surface area contributed by atoms with Crippen molar-refractivity contribution in [2.24, 2.45) is 0 Å². The van der Waals surface area contributed by atoms with Crippen LogP contribution in [0, 0.1) is 0 Å². The van der Waals surface area contributed by atoms with Crippen molar-refractivity contribution in [2.45, 2.75) is 44.9 Å². The van der Waals surface area contributed by atoms with Gasteiger partial charge in [0, 0.05) is 13.0 Å². The molecule has 3 rings (SSSR count). The second kappa shape index (κ2) is 8.37. The minimum absolute atomic E-state index is 0.137. The number of rotatable bonds is 8. The number of benzene rings is 1. The Bertz CT molecular complexity index is 617. The van der Waals surface area contributed by atoms with E-state index in [1.807, 2.05) is 37.3 Å². The molecule has 2 heterocycles. The molecule has 2 atom stereocenters. The van der Waals surface area contributed by atoms with Gasteiger partial charge in [-0.3, -0.25) is 4.90 Å². The largest absolute Gasteiger partial charge is 0.389 e. The maximum absolute atomic E-state index is 10.3. The number of aryl methyl sites for hydroxylation is 1. The average molecular weight is 331 g/mol. The van der Waals surface area contributed by atoms with Crippen LogP contribution < -0.4 is 0 Å². The van der Waals surface area contributed by atoms with Gasteiger partial charge in [0.2, 0.25) is 5.89 Å². The van der Waals surface area contributed by atoms with Gasteiger partial charge in [-0.25, -0.2) is 0 Å². The fourth-order valence-corrected chi connectivity index (χ4v) is 3.09. The number of hydrogen-bond acceptors (Lipinski definition) is 6. The number of β-amino-alcohol motifs (C(OH)–C–C–N with tert-alkyl or cyclic N) is 1. The normalized spacial score (nSPS) is 19.7. The lowest BCUT2D eigenvalue weighted by Gasteiger charge is -2.24. The highest BCUT2D eigenvalue weighted by atomic mass is 16.5. The van der Waals surface area contributed by atoms with Crippen LogP contribution in [0.5, 0.6) is 0 Å². The molecule has 2 aromatic rings. The van der Waals surface area contributed by atoms with E-state index in [1.165, 1.54) is 0 Å². The lowest BCUT2D eigenvalue weighted by molar-refractivity contribution is 0.00710. The number of hydrogen-bond donors (Lipinski definition) is 1. The highest BCUT2D eigenvalue weighted by Gasteiger charge is 2.31. The van der Waals surface area contributed by atoms with Crippen LogP contribution >= 0.6 is 0 Å². The molecule has 0 spiro atoms. The van der Waals surface area contributed by atoms with Crippen molar-refractivity contribution in [3.63, 3.8) is 0 Å². The van der Waals surface area contributed by atoms with E-state index in [2.05, 4.69) is 15.0 Å². The molecule has 0 radical (unpaired) electrons. The van der Waals surface area contributed by atoms with Gasteiger partial charge in [0.1, 0.15) is 0 Å². The third-order valence-electron chi connectivity index (χ3n) is 4.32. The summed E-state index contributed by atoms with van der Waals surface area (Å²) in [6, 6.07) is 10.1. The van der Waals surface area contributed by atoms with Gasteiger partial charge in [0.25, 0.3) is 0 Å². The minimum atomic E-state index is -0.521. The van der Waals surface area contributed by atoms with Crippen LogP contribution in [0.3, 0.4) is 0 Å². The van der Waals surface area contributed by atoms with Crippen LogP contribution in [0.15, 0.2) is 34.9 Å². The van der Waals surface area contributed by atoms with Crippen molar-refractivity contribution in [2.75, 3.05) is 19.7 Å². The van der Waals surface area contributed by atoms with E-state index in [4.69, 9.17) is 9.26 Å². The fourth-order valence-electron chi connectivity index (χ4n) is 3.09. The zero-order valence-electron chi connectivity index (χ0n) is 14.1. The summed E-state index contributed by atoms with van der Waals surface area (Å²) < 4.78 is 10.8. The number of likely N-dealkylation sites (tertiary alicyclic amines) is 1. The molecular weight excluding hydrogens is 306 g/mol. The van der Waals surface area contributed by atoms with Gasteiger partial charge in [-0.15, -0.1) is 0 Å². The van der Waals surface area contributed by atoms with Crippen LogP contribution in [-0.2, 0) is 17.8 Å². The monoisotopic (exact) mass is 331 g/mol. The summed E-state index contributed by atoms with van der Waals surface area (Å²) in [7, 11) is 0. The standard InChI is InChI=1S/C18H25N3O3/c1-2-17-19-18(20-24-17)16-9-6-10-21(16)11-15(22)13-23-12-14-7-4-3-5-8-14/h3-5,7-8,15-16,22H,2,6,9-13H2,1H3. The quantitative estimate of drug-likeness (QED) is 0.800. The Morgan fingerprint density at radius 3 is 2.96 bits per heavy atom. The molecule has 1 aromatic heterocycles. The lowest BCUT2D eigenvalue weighted by atomic mass is 10.2. The summed E-state index contributed by atoms with van der Waals surface area (Å²) in [5.41, 5.74) is 1.11. The van der Waals surface area contributed by atoms with Crippen molar-refractivity contribution < 1.29 is 14.4 Å². The molecule has 1 aromatic carbocycles. The topological polar surface area (TPSA) is 71.6 Å². The van der Waals surface area contributed by atoms with E-state index in [1.54, 1.807) is 0 Å². The van der Waals surface area contributed by atoms with Crippen LogP contribution in [0.4, 0.5) is 0 Å². The Morgan fingerprint density at radius 1 is 1.38 bits per heavy atom. The van der Waals surface area contributed by atoms with E-state index in [0.717, 1.165) is 37.2 Å². The van der Waals surface area contributed by atoms with E-state index in [9.17, 15) is 5.11 Å². The van der Waals surface area contributed by atoms with E-state index < -0.39 is 6.10 Å². The average Bonchev–Trinajstić information content (AvgIpc) is 3.24. The molecule has 1 N–H and O–H groups in total. The van der Waals surface area contributed by atoms with Crippen molar-refractivity contribution in [1.29, 1.82) is 0 Å². The van der Waals surface area contributed by atoms with Crippen LogP contribution in [0.2, 0.25) is 0 Å². The van der Waals surface area contributed by atoms with Gasteiger partial charge in [0.05, 0.1) is 25.4 Å². The summed E-state index contributed by atoms with van der Waals surface area (Å²) in [6.07, 6.45) is 2.31. The first-order valence-corrected chi connectivity index (χ1v) is 8.62. The fraction of sp³-hybridized carbons (Fsp3) is 0.556. The minimum Gasteiger partial charge on any atom is -0.389 e. The predicted molar refractivity (Wildman–Crippen MR) is 89.3 cm³/mol. The molecule has 6 nitrogen and oxygen atoms in total. The molecule has 24 heavy (non-hydrogen) atoms. The number of aromatic nitrogens is 2. The number of nitrogens with zero attached hydrogens (tertiary/aromatic N) is 3. The van der Waals surface area contributed by atoms with Gasteiger partial charge >= 0.3 is 0 Å². The van der Waals surface area contributed by atoms with Gasteiger partial charge in [-0.2, -0.15) is 4.98 Å². The first kappa shape index (κ1) is 17.1. The Labute approximate surface area is 142 Å². The highest BCUT2D eigenvalue weighted by molar-refractivity contribution is 5.13. The van der Waals surface area contributed by atoms with E-state index >= 15 is 0 Å². The number of aliphatic hydroxyl groups excluding tert-OH is 1. The summed E-state index contributed by atoms with van der Waals surface area (Å²) in [4.78, 5) is 6.66. The SMILES string of the molecule is CCc1nc(C2CCCN2CC(O)COCc2ccccc2)no1. The van der Waals surface area contributed by atoms with Crippen molar-refractivity contribution in [3.8, 4) is 0 Å². The van der Waals surface area contributed by atoms with Crippen LogP contribution in [0.25, 0.3) is 0 Å². The third-order valence-corrected chi connectivity index (χ3v) is 4.32. The Hall–Kier alpha value is -1.76. The zero-order valence-corrected chi connectivity index (χ0v) is 14.1. The molecule has 0 saturated carbocycles. The molecule has 0 amide bonds. The van der Waals surface area contributed by atoms with Crippen molar-refractivity contribution in [3.05, 3.63) is 47.6 Å². The van der Waals surface area contributed by atoms with Gasteiger partial charge in [-0.05, 0) is 24.9 Å². The smallest absolute Gasteiger partial charge is 0.226 e.